The smallest absolute Gasteiger partial charge is 0.243 e. The normalized spacial score (nSPS) is 13.3. The minimum atomic E-state index is -0.102. The van der Waals surface area contributed by atoms with Crippen molar-refractivity contribution < 1.29 is 4.79 Å². The average molecular weight is 386 g/mol. The maximum Gasteiger partial charge on any atom is 0.243 e. The Labute approximate surface area is 160 Å². The highest BCUT2D eigenvalue weighted by atomic mass is 35.5. The fourth-order valence-corrected chi connectivity index (χ4v) is 4.12. The molecule has 1 aliphatic rings. The zero-order chi connectivity index (χ0) is 17.9. The first-order chi connectivity index (χ1) is 12.7. The molecular formula is C18H16ClN5OS. The van der Waals surface area contributed by atoms with Crippen LogP contribution in [0.3, 0.4) is 0 Å². The number of aromatic nitrogens is 3. The Balaban J connectivity index is 1.54. The van der Waals surface area contributed by atoms with Crippen molar-refractivity contribution in [3.8, 4) is 5.69 Å². The number of halogens is 1. The van der Waals surface area contributed by atoms with E-state index in [0.717, 1.165) is 23.7 Å². The summed E-state index contributed by atoms with van der Waals surface area (Å²) in [7, 11) is 0. The van der Waals surface area contributed by atoms with Crippen molar-refractivity contribution in [2.24, 2.45) is 0 Å². The summed E-state index contributed by atoms with van der Waals surface area (Å²) in [4.78, 5) is 19.9. The molecule has 1 amide bonds. The first-order valence-corrected chi connectivity index (χ1v) is 9.48. The van der Waals surface area contributed by atoms with Crippen LogP contribution in [0.1, 0.15) is 0 Å². The number of fused-ring (bicyclic) bond motifs is 1. The topological polar surface area (TPSA) is 63.1 Å². The second-order valence-corrected chi connectivity index (χ2v) is 7.36. The lowest BCUT2D eigenvalue weighted by atomic mass is 10.2. The van der Waals surface area contributed by atoms with Gasteiger partial charge in [0.2, 0.25) is 5.91 Å². The summed E-state index contributed by atoms with van der Waals surface area (Å²) in [6.07, 6.45) is 3.03. The fraction of sp³-hybridized carbons (Fsp3) is 0.167. The fourth-order valence-electron chi connectivity index (χ4n) is 2.89. The number of amides is 1. The van der Waals surface area contributed by atoms with Crippen LogP contribution in [-0.4, -0.2) is 39.5 Å². The van der Waals surface area contributed by atoms with Crippen LogP contribution in [0.2, 0.25) is 5.02 Å². The summed E-state index contributed by atoms with van der Waals surface area (Å²) in [5.41, 5.74) is 2.42. The van der Waals surface area contributed by atoms with E-state index in [2.05, 4.69) is 32.4 Å². The predicted octanol–water partition coefficient (Wildman–Crippen LogP) is 3.47. The van der Waals surface area contributed by atoms with Crippen LogP contribution in [0.15, 0.2) is 60.0 Å². The molecular weight excluding hydrogens is 370 g/mol. The molecule has 0 atom stereocenters. The Morgan fingerprint density at radius 2 is 2.12 bits per heavy atom. The van der Waals surface area contributed by atoms with Crippen LogP contribution in [0.4, 0.5) is 11.4 Å². The molecule has 0 unspecified atom stereocenters. The van der Waals surface area contributed by atoms with Gasteiger partial charge in [-0.2, -0.15) is 5.10 Å². The van der Waals surface area contributed by atoms with E-state index < -0.39 is 0 Å². The van der Waals surface area contributed by atoms with Gasteiger partial charge in [-0.15, -0.1) is 11.8 Å². The number of anilines is 2. The zero-order valence-electron chi connectivity index (χ0n) is 13.8. The summed E-state index contributed by atoms with van der Waals surface area (Å²) in [5.74, 6) is 0.862. The molecule has 6 nitrogen and oxygen atoms in total. The van der Waals surface area contributed by atoms with Gasteiger partial charge in [0, 0.05) is 22.2 Å². The van der Waals surface area contributed by atoms with E-state index in [4.69, 9.17) is 11.6 Å². The number of hydrogen-bond donors (Lipinski definition) is 1. The SMILES string of the molecule is O=C(CN1CCSc2ccccc21)Nc1cc(Cl)ccc1-n1cncn1. The van der Waals surface area contributed by atoms with Gasteiger partial charge in [-0.05, 0) is 30.3 Å². The first-order valence-electron chi connectivity index (χ1n) is 8.12. The van der Waals surface area contributed by atoms with Crippen molar-refractivity contribution in [2.75, 3.05) is 29.1 Å². The summed E-state index contributed by atoms with van der Waals surface area (Å²) < 4.78 is 1.60. The van der Waals surface area contributed by atoms with E-state index in [0.29, 0.717) is 10.7 Å². The lowest BCUT2D eigenvalue weighted by molar-refractivity contribution is -0.115. The van der Waals surface area contributed by atoms with Gasteiger partial charge in [-0.25, -0.2) is 9.67 Å². The molecule has 3 aromatic rings. The van der Waals surface area contributed by atoms with Gasteiger partial charge in [-0.3, -0.25) is 4.79 Å². The van der Waals surface area contributed by atoms with Gasteiger partial charge in [0.1, 0.15) is 12.7 Å². The van der Waals surface area contributed by atoms with E-state index in [9.17, 15) is 4.79 Å². The molecule has 0 saturated heterocycles. The van der Waals surface area contributed by atoms with E-state index >= 15 is 0 Å². The third-order valence-electron chi connectivity index (χ3n) is 4.06. The Morgan fingerprint density at radius 3 is 2.96 bits per heavy atom. The molecule has 8 heteroatoms. The number of thioether (sulfide) groups is 1. The van der Waals surface area contributed by atoms with Crippen LogP contribution in [0.5, 0.6) is 0 Å². The maximum atomic E-state index is 12.7. The van der Waals surface area contributed by atoms with Gasteiger partial charge >= 0.3 is 0 Å². The number of carbonyl (C=O) groups is 1. The molecule has 1 aliphatic heterocycles. The standard InChI is InChI=1S/C18H16ClN5OS/c19-13-5-6-15(24-12-20-11-21-24)14(9-13)22-18(25)10-23-7-8-26-17-4-2-1-3-16(17)23/h1-6,9,11-12H,7-8,10H2,(H,22,25). The van der Waals surface area contributed by atoms with Crippen LogP contribution >= 0.6 is 23.4 Å². The maximum absolute atomic E-state index is 12.7. The van der Waals surface area contributed by atoms with Crippen LogP contribution in [-0.2, 0) is 4.79 Å². The molecule has 0 spiro atoms. The third kappa shape index (κ3) is 3.54. The van der Waals surface area contributed by atoms with E-state index in [1.165, 1.54) is 11.2 Å². The van der Waals surface area contributed by atoms with Gasteiger partial charge in [0.25, 0.3) is 0 Å². The largest absolute Gasteiger partial charge is 0.360 e. The lowest BCUT2D eigenvalue weighted by Crippen LogP contribution is -2.36. The Morgan fingerprint density at radius 1 is 1.23 bits per heavy atom. The lowest BCUT2D eigenvalue weighted by Gasteiger charge is -2.30. The quantitative estimate of drug-likeness (QED) is 0.745. The van der Waals surface area contributed by atoms with Gasteiger partial charge in [0.15, 0.2) is 0 Å². The minimum absolute atomic E-state index is 0.102. The second kappa shape index (κ2) is 7.39. The average Bonchev–Trinajstić information content (AvgIpc) is 3.16. The summed E-state index contributed by atoms with van der Waals surface area (Å²) in [6.45, 7) is 1.11. The second-order valence-electron chi connectivity index (χ2n) is 5.79. The summed E-state index contributed by atoms with van der Waals surface area (Å²) >= 11 is 7.93. The molecule has 0 aliphatic carbocycles. The Bertz CT molecular complexity index is 931. The Kier molecular flexibility index (Phi) is 4.81. The van der Waals surface area contributed by atoms with Crippen molar-refractivity contribution in [1.82, 2.24) is 14.8 Å². The van der Waals surface area contributed by atoms with E-state index in [1.807, 2.05) is 23.9 Å². The molecule has 132 valence electrons. The van der Waals surface area contributed by atoms with Crippen molar-refractivity contribution >= 4 is 40.6 Å². The molecule has 1 N–H and O–H groups in total. The van der Waals surface area contributed by atoms with Crippen LogP contribution in [0.25, 0.3) is 5.69 Å². The number of nitrogens with one attached hydrogen (secondary N) is 1. The summed E-state index contributed by atoms with van der Waals surface area (Å²) in [5, 5.41) is 7.63. The number of nitrogens with zero attached hydrogens (tertiary/aromatic N) is 4. The number of rotatable bonds is 4. The van der Waals surface area contributed by atoms with Gasteiger partial charge in [-0.1, -0.05) is 23.7 Å². The number of hydrogen-bond acceptors (Lipinski definition) is 5. The van der Waals surface area contributed by atoms with Crippen molar-refractivity contribution in [2.45, 2.75) is 4.90 Å². The van der Waals surface area contributed by atoms with Gasteiger partial charge < -0.3 is 10.2 Å². The van der Waals surface area contributed by atoms with Gasteiger partial charge in [0.05, 0.1) is 23.6 Å². The molecule has 0 fully saturated rings. The first kappa shape index (κ1) is 16.9. The highest BCUT2D eigenvalue weighted by Gasteiger charge is 2.20. The highest BCUT2D eigenvalue weighted by Crippen LogP contribution is 2.34. The molecule has 0 radical (unpaired) electrons. The van der Waals surface area contributed by atoms with Crippen molar-refractivity contribution in [1.29, 1.82) is 0 Å². The zero-order valence-corrected chi connectivity index (χ0v) is 15.4. The molecule has 1 aromatic heterocycles. The van der Waals surface area contributed by atoms with Crippen LogP contribution in [0, 0.1) is 0 Å². The number of carbonyl (C=O) groups excluding carboxylic acids is 1. The monoisotopic (exact) mass is 385 g/mol. The third-order valence-corrected chi connectivity index (χ3v) is 5.34. The molecule has 2 heterocycles. The number of benzene rings is 2. The predicted molar refractivity (Wildman–Crippen MR) is 104 cm³/mol. The van der Waals surface area contributed by atoms with E-state index in [1.54, 1.807) is 29.2 Å². The molecule has 4 rings (SSSR count). The van der Waals surface area contributed by atoms with Crippen LogP contribution < -0.4 is 10.2 Å². The minimum Gasteiger partial charge on any atom is -0.360 e. The molecule has 0 saturated carbocycles. The highest BCUT2D eigenvalue weighted by molar-refractivity contribution is 7.99. The summed E-state index contributed by atoms with van der Waals surface area (Å²) in [6, 6.07) is 13.4. The molecule has 2 aromatic carbocycles. The Hall–Kier alpha value is -2.51. The molecule has 26 heavy (non-hydrogen) atoms. The van der Waals surface area contributed by atoms with Crippen molar-refractivity contribution in [3.63, 3.8) is 0 Å². The number of para-hydroxylation sites is 1. The van der Waals surface area contributed by atoms with E-state index in [-0.39, 0.29) is 12.5 Å². The molecule has 0 bridgehead atoms. The van der Waals surface area contributed by atoms with Crippen molar-refractivity contribution in [3.05, 3.63) is 60.1 Å².